The Bertz CT molecular complexity index is 330. The molecule has 0 saturated carbocycles. The largest absolute Gasteiger partial charge is 0.390 e. The van der Waals surface area contributed by atoms with E-state index in [0.29, 0.717) is 18.9 Å². The van der Waals surface area contributed by atoms with Crippen LogP contribution in [0.25, 0.3) is 0 Å². The molecule has 2 atom stereocenters. The summed E-state index contributed by atoms with van der Waals surface area (Å²) in [7, 11) is 0. The van der Waals surface area contributed by atoms with Gasteiger partial charge in [0, 0.05) is 17.9 Å². The molecule has 0 aliphatic heterocycles. The standard InChI is InChI=1S/C13H23NO2S/c1-6-16-13(8(2)3)11(15)7-12-14-9(4)10(5)17-12/h8,11,13,15H,6-7H2,1-5H3. The zero-order chi connectivity index (χ0) is 13.0. The van der Waals surface area contributed by atoms with Crippen molar-refractivity contribution >= 4 is 11.3 Å². The molecule has 1 N–H and O–H groups in total. The fraction of sp³-hybridized carbons (Fsp3) is 0.769. The molecule has 0 radical (unpaired) electrons. The van der Waals surface area contributed by atoms with Crippen molar-refractivity contribution in [2.24, 2.45) is 5.92 Å². The van der Waals surface area contributed by atoms with E-state index in [1.54, 1.807) is 11.3 Å². The Morgan fingerprint density at radius 2 is 2.00 bits per heavy atom. The molecule has 3 nitrogen and oxygen atoms in total. The van der Waals surface area contributed by atoms with Gasteiger partial charge in [0.1, 0.15) is 0 Å². The van der Waals surface area contributed by atoms with Gasteiger partial charge in [-0.1, -0.05) is 13.8 Å². The Kier molecular flexibility index (Phi) is 5.56. The molecule has 17 heavy (non-hydrogen) atoms. The van der Waals surface area contributed by atoms with E-state index in [2.05, 4.69) is 25.8 Å². The minimum atomic E-state index is -0.472. The Hall–Kier alpha value is -0.450. The lowest BCUT2D eigenvalue weighted by Crippen LogP contribution is -2.35. The maximum absolute atomic E-state index is 10.2. The highest BCUT2D eigenvalue weighted by atomic mass is 32.1. The van der Waals surface area contributed by atoms with Gasteiger partial charge in [-0.05, 0) is 26.7 Å². The highest BCUT2D eigenvalue weighted by Gasteiger charge is 2.24. The van der Waals surface area contributed by atoms with E-state index in [1.807, 2.05) is 13.8 Å². The van der Waals surface area contributed by atoms with Gasteiger partial charge in [0.15, 0.2) is 0 Å². The van der Waals surface area contributed by atoms with Gasteiger partial charge < -0.3 is 9.84 Å². The topological polar surface area (TPSA) is 42.4 Å². The van der Waals surface area contributed by atoms with E-state index < -0.39 is 6.10 Å². The van der Waals surface area contributed by atoms with Crippen LogP contribution in [0.2, 0.25) is 0 Å². The van der Waals surface area contributed by atoms with E-state index in [4.69, 9.17) is 4.74 Å². The highest BCUT2D eigenvalue weighted by molar-refractivity contribution is 7.11. The lowest BCUT2D eigenvalue weighted by atomic mass is 9.99. The van der Waals surface area contributed by atoms with Crippen molar-refractivity contribution in [3.8, 4) is 0 Å². The highest BCUT2D eigenvalue weighted by Crippen LogP contribution is 2.21. The SMILES string of the molecule is CCOC(C(C)C)C(O)Cc1nc(C)c(C)s1. The van der Waals surface area contributed by atoms with Gasteiger partial charge in [-0.2, -0.15) is 0 Å². The molecule has 1 aromatic heterocycles. The number of aryl methyl sites for hydroxylation is 2. The van der Waals surface area contributed by atoms with Crippen molar-refractivity contribution < 1.29 is 9.84 Å². The first-order chi connectivity index (χ1) is 7.95. The summed E-state index contributed by atoms with van der Waals surface area (Å²) >= 11 is 1.66. The first kappa shape index (κ1) is 14.6. The molecule has 0 spiro atoms. The molecule has 2 unspecified atom stereocenters. The van der Waals surface area contributed by atoms with Crippen LogP contribution < -0.4 is 0 Å². The number of hydrogen-bond acceptors (Lipinski definition) is 4. The number of rotatable bonds is 6. The minimum Gasteiger partial charge on any atom is -0.390 e. The van der Waals surface area contributed by atoms with Crippen LogP contribution in [0.3, 0.4) is 0 Å². The predicted octanol–water partition coefficient (Wildman–Crippen LogP) is 2.72. The number of aliphatic hydroxyl groups excluding tert-OH is 1. The van der Waals surface area contributed by atoms with Gasteiger partial charge in [0.25, 0.3) is 0 Å². The lowest BCUT2D eigenvalue weighted by molar-refractivity contribution is -0.0562. The second kappa shape index (κ2) is 6.47. The van der Waals surface area contributed by atoms with Crippen LogP contribution in [0, 0.1) is 19.8 Å². The van der Waals surface area contributed by atoms with Crippen molar-refractivity contribution in [2.45, 2.75) is 53.2 Å². The van der Waals surface area contributed by atoms with Crippen LogP contribution in [0.15, 0.2) is 0 Å². The van der Waals surface area contributed by atoms with E-state index >= 15 is 0 Å². The monoisotopic (exact) mass is 257 g/mol. The van der Waals surface area contributed by atoms with Crippen molar-refractivity contribution in [1.29, 1.82) is 0 Å². The van der Waals surface area contributed by atoms with Crippen LogP contribution in [0.5, 0.6) is 0 Å². The van der Waals surface area contributed by atoms with E-state index in [0.717, 1.165) is 10.7 Å². The molecular weight excluding hydrogens is 234 g/mol. The van der Waals surface area contributed by atoms with Crippen molar-refractivity contribution in [1.82, 2.24) is 4.98 Å². The Labute approximate surface area is 108 Å². The number of aromatic nitrogens is 1. The zero-order valence-corrected chi connectivity index (χ0v) is 12.2. The summed E-state index contributed by atoms with van der Waals surface area (Å²) in [5, 5.41) is 11.2. The van der Waals surface area contributed by atoms with Crippen molar-refractivity contribution in [2.75, 3.05) is 6.61 Å². The third-order valence-corrected chi connectivity index (χ3v) is 3.95. The Morgan fingerprint density at radius 3 is 2.41 bits per heavy atom. The Morgan fingerprint density at radius 1 is 1.35 bits per heavy atom. The molecule has 0 bridgehead atoms. The maximum atomic E-state index is 10.2. The van der Waals surface area contributed by atoms with E-state index in [-0.39, 0.29) is 6.10 Å². The second-order valence-corrected chi connectivity index (χ2v) is 5.97. The molecule has 1 rings (SSSR count). The summed E-state index contributed by atoms with van der Waals surface area (Å²) in [5.41, 5.74) is 1.06. The lowest BCUT2D eigenvalue weighted by Gasteiger charge is -2.25. The number of aliphatic hydroxyl groups is 1. The zero-order valence-electron chi connectivity index (χ0n) is 11.4. The normalized spacial score (nSPS) is 15.2. The van der Waals surface area contributed by atoms with Gasteiger partial charge in [0.05, 0.1) is 22.9 Å². The molecule has 0 amide bonds. The summed E-state index contributed by atoms with van der Waals surface area (Å²) in [6.45, 7) is 10.8. The summed E-state index contributed by atoms with van der Waals surface area (Å²) in [4.78, 5) is 5.68. The molecule has 0 fully saturated rings. The molecule has 1 heterocycles. The van der Waals surface area contributed by atoms with Gasteiger partial charge in [-0.15, -0.1) is 11.3 Å². The maximum Gasteiger partial charge on any atom is 0.0957 e. The van der Waals surface area contributed by atoms with Crippen LogP contribution in [0.1, 0.15) is 36.3 Å². The van der Waals surface area contributed by atoms with Crippen molar-refractivity contribution in [3.05, 3.63) is 15.6 Å². The first-order valence-electron chi connectivity index (χ1n) is 6.18. The fourth-order valence-electron chi connectivity index (χ4n) is 1.86. The van der Waals surface area contributed by atoms with Crippen LogP contribution in [-0.4, -0.2) is 28.9 Å². The molecule has 1 aromatic rings. The minimum absolute atomic E-state index is 0.107. The molecule has 98 valence electrons. The summed E-state index contributed by atoms with van der Waals surface area (Å²) in [5.74, 6) is 0.312. The first-order valence-corrected chi connectivity index (χ1v) is 6.99. The van der Waals surface area contributed by atoms with Gasteiger partial charge in [-0.3, -0.25) is 0 Å². The van der Waals surface area contributed by atoms with E-state index in [1.165, 1.54) is 4.88 Å². The van der Waals surface area contributed by atoms with Gasteiger partial charge in [0.2, 0.25) is 0 Å². The number of thiazole rings is 1. The molecular formula is C13H23NO2S. The van der Waals surface area contributed by atoms with Gasteiger partial charge >= 0.3 is 0 Å². The summed E-state index contributed by atoms with van der Waals surface area (Å²) < 4.78 is 5.60. The summed E-state index contributed by atoms with van der Waals surface area (Å²) in [6, 6.07) is 0. The van der Waals surface area contributed by atoms with Crippen molar-refractivity contribution in [3.63, 3.8) is 0 Å². The second-order valence-electron chi connectivity index (χ2n) is 4.68. The van der Waals surface area contributed by atoms with Crippen LogP contribution in [-0.2, 0) is 11.2 Å². The van der Waals surface area contributed by atoms with Crippen LogP contribution in [0.4, 0.5) is 0 Å². The molecule has 0 aliphatic carbocycles. The van der Waals surface area contributed by atoms with Crippen LogP contribution >= 0.6 is 11.3 Å². The predicted molar refractivity (Wildman–Crippen MR) is 71.6 cm³/mol. The Balaban J connectivity index is 2.65. The number of ether oxygens (including phenoxy) is 1. The average molecular weight is 257 g/mol. The quantitative estimate of drug-likeness (QED) is 0.852. The number of hydrogen-bond donors (Lipinski definition) is 1. The molecule has 4 heteroatoms. The molecule has 0 aromatic carbocycles. The average Bonchev–Trinajstić information content (AvgIpc) is 2.53. The number of nitrogens with zero attached hydrogens (tertiary/aromatic N) is 1. The third kappa shape index (κ3) is 4.05. The molecule has 0 aliphatic rings. The van der Waals surface area contributed by atoms with Gasteiger partial charge in [-0.25, -0.2) is 4.98 Å². The van der Waals surface area contributed by atoms with E-state index in [9.17, 15) is 5.11 Å². The smallest absolute Gasteiger partial charge is 0.0957 e. The third-order valence-electron chi connectivity index (χ3n) is 2.85. The molecule has 0 saturated heterocycles. The fourth-order valence-corrected chi connectivity index (χ4v) is 2.85. The summed E-state index contributed by atoms with van der Waals surface area (Å²) in [6.07, 6.45) is 0.00626.